The van der Waals surface area contributed by atoms with Gasteiger partial charge in [-0.3, -0.25) is 9.59 Å². The fraction of sp³-hybridized carbons (Fsp3) is 0.250. The summed E-state index contributed by atoms with van der Waals surface area (Å²) in [6.45, 7) is 3.89. The third kappa shape index (κ3) is 5.00. The normalized spacial score (nSPS) is 11.7. The van der Waals surface area contributed by atoms with Crippen LogP contribution in [0.1, 0.15) is 18.1 Å². The Morgan fingerprint density at radius 2 is 1.87 bits per heavy atom. The maximum absolute atomic E-state index is 13.0. The van der Waals surface area contributed by atoms with E-state index >= 15 is 0 Å². The molecule has 0 heterocycles. The summed E-state index contributed by atoms with van der Waals surface area (Å²) in [4.78, 5) is 26.8. The zero-order valence-electron chi connectivity index (χ0n) is 17.3. The van der Waals surface area contributed by atoms with Crippen molar-refractivity contribution in [2.75, 3.05) is 13.7 Å². The monoisotopic (exact) mass is 468 g/mol. The molecule has 1 unspecified atom stereocenters. The van der Waals surface area contributed by atoms with E-state index in [1.807, 2.05) is 67.6 Å². The molecule has 1 atom stereocenters. The average Bonchev–Trinajstić information content (AvgIpc) is 2.76. The molecule has 0 fully saturated rings. The lowest BCUT2D eigenvalue weighted by atomic mass is 10.1. The van der Waals surface area contributed by atoms with Crippen LogP contribution in [-0.2, 0) is 16.1 Å². The predicted molar refractivity (Wildman–Crippen MR) is 122 cm³/mol. The molecule has 0 spiro atoms. The molecule has 5 nitrogen and oxygen atoms in total. The second kappa shape index (κ2) is 9.76. The molecular weight excluding hydrogens is 444 g/mol. The zero-order chi connectivity index (χ0) is 21.7. The second-order valence-corrected chi connectivity index (χ2v) is 7.98. The molecule has 156 valence electrons. The largest absolute Gasteiger partial charge is 0.483 e. The first-order chi connectivity index (χ1) is 14.4. The predicted octanol–water partition coefficient (Wildman–Crippen LogP) is 4.45. The lowest BCUT2D eigenvalue weighted by Gasteiger charge is -2.28. The Labute approximate surface area is 185 Å². The van der Waals surface area contributed by atoms with Gasteiger partial charge in [-0.15, -0.1) is 0 Å². The van der Waals surface area contributed by atoms with E-state index in [9.17, 15) is 9.59 Å². The average molecular weight is 469 g/mol. The number of ether oxygens (including phenoxy) is 1. The van der Waals surface area contributed by atoms with Crippen molar-refractivity contribution in [1.29, 1.82) is 0 Å². The van der Waals surface area contributed by atoms with Crippen LogP contribution in [0.2, 0.25) is 0 Å². The van der Waals surface area contributed by atoms with E-state index in [-0.39, 0.29) is 18.4 Å². The molecule has 30 heavy (non-hydrogen) atoms. The van der Waals surface area contributed by atoms with Gasteiger partial charge < -0.3 is 15.0 Å². The molecule has 0 aliphatic heterocycles. The molecule has 0 radical (unpaired) electrons. The number of aryl methyl sites for hydroxylation is 1. The summed E-state index contributed by atoms with van der Waals surface area (Å²) in [6, 6.07) is 19.0. The minimum absolute atomic E-state index is 0.163. The number of carbonyl (C=O) groups is 2. The van der Waals surface area contributed by atoms with Gasteiger partial charge in [-0.25, -0.2) is 0 Å². The summed E-state index contributed by atoms with van der Waals surface area (Å²) in [6.07, 6.45) is 0. The highest BCUT2D eigenvalue weighted by molar-refractivity contribution is 9.10. The summed E-state index contributed by atoms with van der Waals surface area (Å²) in [7, 11) is 1.57. The van der Waals surface area contributed by atoms with Crippen LogP contribution in [0.4, 0.5) is 0 Å². The lowest BCUT2D eigenvalue weighted by molar-refractivity contribution is -0.142. The highest BCUT2D eigenvalue weighted by Gasteiger charge is 2.26. The first kappa shape index (κ1) is 21.8. The van der Waals surface area contributed by atoms with E-state index in [4.69, 9.17) is 4.74 Å². The summed E-state index contributed by atoms with van der Waals surface area (Å²) in [5.41, 5.74) is 2.06. The third-order valence-corrected chi connectivity index (χ3v) is 5.85. The Morgan fingerprint density at radius 1 is 1.10 bits per heavy atom. The van der Waals surface area contributed by atoms with Crippen LogP contribution in [-0.4, -0.2) is 36.4 Å². The summed E-state index contributed by atoms with van der Waals surface area (Å²) < 4.78 is 6.65. The number of hydrogen-bond acceptors (Lipinski definition) is 3. The highest BCUT2D eigenvalue weighted by atomic mass is 79.9. The van der Waals surface area contributed by atoms with Crippen LogP contribution in [0.5, 0.6) is 5.75 Å². The van der Waals surface area contributed by atoms with Crippen molar-refractivity contribution < 1.29 is 14.3 Å². The SMILES string of the molecule is CNC(=O)C(C)N(Cc1cccc(C)c1)C(=O)COc1ccc2ccccc2c1Br. The van der Waals surface area contributed by atoms with Crippen LogP contribution in [0, 0.1) is 6.92 Å². The van der Waals surface area contributed by atoms with Crippen molar-refractivity contribution in [3.05, 3.63) is 76.3 Å². The number of amides is 2. The fourth-order valence-electron chi connectivity index (χ4n) is 3.35. The molecular formula is C24H25BrN2O3. The number of halogens is 1. The standard InChI is InChI=1S/C24H25BrN2O3/c1-16-7-6-8-18(13-16)14-27(17(2)24(29)26-3)22(28)15-30-21-12-11-19-9-4-5-10-20(19)23(21)25/h4-13,17H,14-15H2,1-3H3,(H,26,29). The van der Waals surface area contributed by atoms with Gasteiger partial charge in [-0.05, 0) is 52.2 Å². The molecule has 0 aliphatic rings. The van der Waals surface area contributed by atoms with Crippen LogP contribution >= 0.6 is 15.9 Å². The number of nitrogens with zero attached hydrogens (tertiary/aromatic N) is 1. The molecule has 0 saturated heterocycles. The molecule has 3 aromatic rings. The Balaban J connectivity index is 1.79. The Morgan fingerprint density at radius 3 is 2.60 bits per heavy atom. The van der Waals surface area contributed by atoms with Gasteiger partial charge in [0.25, 0.3) is 5.91 Å². The van der Waals surface area contributed by atoms with Crippen molar-refractivity contribution in [3.63, 3.8) is 0 Å². The number of likely N-dealkylation sites (N-methyl/N-ethyl adjacent to an activating group) is 1. The Kier molecular flexibility index (Phi) is 7.11. The van der Waals surface area contributed by atoms with Gasteiger partial charge in [0.15, 0.2) is 6.61 Å². The van der Waals surface area contributed by atoms with E-state index in [0.29, 0.717) is 12.3 Å². The van der Waals surface area contributed by atoms with Crippen molar-refractivity contribution in [1.82, 2.24) is 10.2 Å². The summed E-state index contributed by atoms with van der Waals surface area (Å²) >= 11 is 3.58. The van der Waals surface area contributed by atoms with Crippen molar-refractivity contribution in [2.45, 2.75) is 26.4 Å². The number of rotatable bonds is 7. The fourth-order valence-corrected chi connectivity index (χ4v) is 3.95. The van der Waals surface area contributed by atoms with Gasteiger partial charge in [0.1, 0.15) is 11.8 Å². The molecule has 0 bridgehead atoms. The van der Waals surface area contributed by atoms with E-state index < -0.39 is 6.04 Å². The van der Waals surface area contributed by atoms with Crippen LogP contribution in [0.3, 0.4) is 0 Å². The minimum atomic E-state index is -0.619. The van der Waals surface area contributed by atoms with E-state index in [1.54, 1.807) is 18.9 Å². The minimum Gasteiger partial charge on any atom is -0.483 e. The maximum atomic E-state index is 13.0. The van der Waals surface area contributed by atoms with Crippen molar-refractivity contribution in [3.8, 4) is 5.75 Å². The summed E-state index contributed by atoms with van der Waals surface area (Å²) in [5, 5.41) is 4.71. The Hall–Kier alpha value is -2.86. The molecule has 0 aromatic heterocycles. The number of benzene rings is 3. The van der Waals surface area contributed by atoms with Crippen LogP contribution < -0.4 is 10.1 Å². The molecule has 3 aromatic carbocycles. The third-order valence-electron chi connectivity index (χ3n) is 5.03. The topological polar surface area (TPSA) is 58.6 Å². The quantitative estimate of drug-likeness (QED) is 0.556. The van der Waals surface area contributed by atoms with Crippen LogP contribution in [0.25, 0.3) is 10.8 Å². The van der Waals surface area contributed by atoms with E-state index in [2.05, 4.69) is 21.2 Å². The first-order valence-corrected chi connectivity index (χ1v) is 10.6. The second-order valence-electron chi connectivity index (χ2n) is 7.19. The molecule has 1 N–H and O–H groups in total. The number of hydrogen-bond donors (Lipinski definition) is 1. The van der Waals surface area contributed by atoms with Gasteiger partial charge in [0.2, 0.25) is 5.91 Å². The maximum Gasteiger partial charge on any atom is 0.261 e. The van der Waals surface area contributed by atoms with Crippen LogP contribution in [0.15, 0.2) is 65.1 Å². The van der Waals surface area contributed by atoms with Gasteiger partial charge in [-0.1, -0.05) is 60.2 Å². The van der Waals surface area contributed by atoms with Crippen molar-refractivity contribution in [2.24, 2.45) is 0 Å². The van der Waals surface area contributed by atoms with Gasteiger partial charge in [0.05, 0.1) is 4.47 Å². The number of fused-ring (bicyclic) bond motifs is 1. The van der Waals surface area contributed by atoms with E-state index in [0.717, 1.165) is 26.4 Å². The number of nitrogens with one attached hydrogen (secondary N) is 1. The van der Waals surface area contributed by atoms with Gasteiger partial charge in [-0.2, -0.15) is 0 Å². The molecule has 6 heteroatoms. The van der Waals surface area contributed by atoms with Gasteiger partial charge in [0, 0.05) is 13.6 Å². The number of carbonyl (C=O) groups excluding carboxylic acids is 2. The van der Waals surface area contributed by atoms with Crippen molar-refractivity contribution >= 4 is 38.5 Å². The first-order valence-electron chi connectivity index (χ1n) is 9.77. The zero-order valence-corrected chi connectivity index (χ0v) is 18.9. The molecule has 2 amide bonds. The molecule has 0 aliphatic carbocycles. The Bertz CT molecular complexity index is 1070. The summed E-state index contributed by atoms with van der Waals surface area (Å²) in [5.74, 6) is 0.112. The van der Waals surface area contributed by atoms with Gasteiger partial charge >= 0.3 is 0 Å². The highest BCUT2D eigenvalue weighted by Crippen LogP contribution is 2.33. The van der Waals surface area contributed by atoms with E-state index in [1.165, 1.54) is 0 Å². The smallest absolute Gasteiger partial charge is 0.261 e. The lowest BCUT2D eigenvalue weighted by Crippen LogP contribution is -2.48. The molecule has 0 saturated carbocycles. The molecule has 3 rings (SSSR count).